The third-order valence-electron chi connectivity index (χ3n) is 3.68. The normalized spacial score (nSPS) is 38.4. The molecule has 0 aromatic carbocycles. The molecule has 1 N–H and O–H groups in total. The van der Waals surface area contributed by atoms with Crippen molar-refractivity contribution in [1.29, 1.82) is 0 Å². The Morgan fingerprint density at radius 1 is 0.900 bits per heavy atom. The van der Waals surface area contributed by atoms with Gasteiger partial charge in [-0.2, -0.15) is 0 Å². The van der Waals surface area contributed by atoms with E-state index in [1.54, 1.807) is 0 Å². The zero-order valence-electron chi connectivity index (χ0n) is 6.45. The third-order valence-corrected chi connectivity index (χ3v) is 3.68. The van der Waals surface area contributed by atoms with E-state index in [2.05, 4.69) is 5.32 Å². The Kier molecular flexibility index (Phi) is 0.797. The summed E-state index contributed by atoms with van der Waals surface area (Å²) in [5.41, 5.74) is 1.54. The standard InChI is InChI=1S/C9H15N/c1-2-8(1)5-6-10-9(7-8)3-4-9/h10H,1-7H2. The minimum atomic E-state index is 0.675. The Balaban J connectivity index is 1.80. The van der Waals surface area contributed by atoms with Crippen LogP contribution in [0.2, 0.25) is 0 Å². The maximum absolute atomic E-state index is 3.67. The highest BCUT2D eigenvalue weighted by molar-refractivity contribution is 5.12. The first kappa shape index (κ1) is 5.59. The summed E-state index contributed by atoms with van der Waals surface area (Å²) in [6.45, 7) is 1.31. The molecule has 1 nitrogen and oxygen atoms in total. The molecule has 1 heterocycles. The lowest BCUT2D eigenvalue weighted by Crippen LogP contribution is -2.40. The molecular weight excluding hydrogens is 122 g/mol. The molecular formula is C9H15N. The number of rotatable bonds is 0. The van der Waals surface area contributed by atoms with Crippen LogP contribution in [0, 0.1) is 5.41 Å². The number of piperidine rings is 1. The van der Waals surface area contributed by atoms with Crippen molar-refractivity contribution in [2.75, 3.05) is 6.54 Å². The SMILES string of the molecule is C1CC2(CC2)CC2(CC2)N1. The van der Waals surface area contributed by atoms with Gasteiger partial charge in [0.15, 0.2) is 0 Å². The van der Waals surface area contributed by atoms with E-state index in [4.69, 9.17) is 0 Å². The van der Waals surface area contributed by atoms with Crippen molar-refractivity contribution < 1.29 is 0 Å². The van der Waals surface area contributed by atoms with E-state index in [0.29, 0.717) is 5.54 Å². The molecule has 1 heteroatoms. The van der Waals surface area contributed by atoms with Gasteiger partial charge < -0.3 is 5.32 Å². The zero-order chi connectivity index (χ0) is 6.66. The van der Waals surface area contributed by atoms with Gasteiger partial charge in [0.05, 0.1) is 0 Å². The second-order valence-electron chi connectivity index (χ2n) is 4.63. The fraction of sp³-hybridized carbons (Fsp3) is 1.00. The van der Waals surface area contributed by atoms with Gasteiger partial charge in [-0.1, -0.05) is 0 Å². The van der Waals surface area contributed by atoms with Crippen LogP contribution in [0.25, 0.3) is 0 Å². The largest absolute Gasteiger partial charge is 0.311 e. The fourth-order valence-corrected chi connectivity index (χ4v) is 2.57. The van der Waals surface area contributed by atoms with E-state index in [9.17, 15) is 0 Å². The number of hydrogen-bond donors (Lipinski definition) is 1. The van der Waals surface area contributed by atoms with Crippen LogP contribution in [-0.2, 0) is 0 Å². The smallest absolute Gasteiger partial charge is 0.0188 e. The van der Waals surface area contributed by atoms with Crippen molar-refractivity contribution >= 4 is 0 Å². The predicted octanol–water partition coefficient (Wildman–Crippen LogP) is 1.68. The van der Waals surface area contributed by atoms with E-state index in [0.717, 1.165) is 5.41 Å². The summed E-state index contributed by atoms with van der Waals surface area (Å²) in [7, 11) is 0. The molecule has 3 fully saturated rings. The molecule has 3 rings (SSSR count). The van der Waals surface area contributed by atoms with Gasteiger partial charge in [-0.15, -0.1) is 0 Å². The van der Waals surface area contributed by atoms with Gasteiger partial charge in [0, 0.05) is 5.54 Å². The van der Waals surface area contributed by atoms with Crippen molar-refractivity contribution in [1.82, 2.24) is 5.32 Å². The molecule has 2 spiro atoms. The Hall–Kier alpha value is -0.0400. The molecule has 2 saturated carbocycles. The summed E-state index contributed by atoms with van der Waals surface area (Å²) in [4.78, 5) is 0. The van der Waals surface area contributed by atoms with Crippen LogP contribution in [0.15, 0.2) is 0 Å². The number of hydrogen-bond acceptors (Lipinski definition) is 1. The molecule has 2 aliphatic carbocycles. The van der Waals surface area contributed by atoms with Crippen molar-refractivity contribution in [3.63, 3.8) is 0 Å². The van der Waals surface area contributed by atoms with Crippen molar-refractivity contribution in [3.05, 3.63) is 0 Å². The van der Waals surface area contributed by atoms with Crippen molar-refractivity contribution in [3.8, 4) is 0 Å². The van der Waals surface area contributed by atoms with Gasteiger partial charge in [-0.25, -0.2) is 0 Å². The zero-order valence-corrected chi connectivity index (χ0v) is 6.45. The molecule has 0 bridgehead atoms. The van der Waals surface area contributed by atoms with Crippen LogP contribution >= 0.6 is 0 Å². The third kappa shape index (κ3) is 0.672. The second-order valence-corrected chi connectivity index (χ2v) is 4.63. The van der Waals surface area contributed by atoms with Crippen LogP contribution < -0.4 is 5.32 Å². The monoisotopic (exact) mass is 137 g/mol. The minimum absolute atomic E-state index is 0.675. The summed E-state index contributed by atoms with van der Waals surface area (Å²) in [6.07, 6.45) is 8.99. The van der Waals surface area contributed by atoms with Crippen LogP contribution in [0.1, 0.15) is 38.5 Å². The quantitative estimate of drug-likeness (QED) is 0.535. The summed E-state index contributed by atoms with van der Waals surface area (Å²) in [6, 6.07) is 0. The predicted molar refractivity (Wildman–Crippen MR) is 40.9 cm³/mol. The molecule has 0 atom stereocenters. The molecule has 0 radical (unpaired) electrons. The molecule has 0 aromatic rings. The minimum Gasteiger partial charge on any atom is -0.311 e. The van der Waals surface area contributed by atoms with Crippen LogP contribution in [0.4, 0.5) is 0 Å². The summed E-state index contributed by atoms with van der Waals surface area (Å²) >= 11 is 0. The van der Waals surface area contributed by atoms with Crippen LogP contribution in [0.5, 0.6) is 0 Å². The average molecular weight is 137 g/mol. The Morgan fingerprint density at radius 2 is 1.70 bits per heavy atom. The lowest BCUT2D eigenvalue weighted by molar-refractivity contribution is 0.268. The topological polar surface area (TPSA) is 12.0 Å². The molecule has 56 valence electrons. The maximum Gasteiger partial charge on any atom is 0.0188 e. The van der Waals surface area contributed by atoms with Crippen LogP contribution in [-0.4, -0.2) is 12.1 Å². The maximum atomic E-state index is 3.67. The van der Waals surface area contributed by atoms with Crippen molar-refractivity contribution in [2.24, 2.45) is 5.41 Å². The lowest BCUT2D eigenvalue weighted by Gasteiger charge is -2.30. The van der Waals surface area contributed by atoms with Crippen molar-refractivity contribution in [2.45, 2.75) is 44.1 Å². The first-order valence-electron chi connectivity index (χ1n) is 4.58. The fourth-order valence-electron chi connectivity index (χ4n) is 2.57. The van der Waals surface area contributed by atoms with E-state index in [1.807, 2.05) is 0 Å². The summed E-state index contributed by atoms with van der Waals surface area (Å²) < 4.78 is 0. The first-order chi connectivity index (χ1) is 4.83. The molecule has 0 unspecified atom stereocenters. The van der Waals surface area contributed by atoms with E-state index in [-0.39, 0.29) is 0 Å². The molecule has 3 aliphatic rings. The Bertz CT molecular complexity index is 148. The summed E-state index contributed by atoms with van der Waals surface area (Å²) in [5, 5.41) is 3.67. The van der Waals surface area contributed by atoms with Gasteiger partial charge in [0.2, 0.25) is 0 Å². The number of nitrogens with one attached hydrogen (secondary N) is 1. The Morgan fingerprint density at radius 3 is 2.30 bits per heavy atom. The van der Waals surface area contributed by atoms with Gasteiger partial charge in [-0.05, 0) is 50.5 Å². The van der Waals surface area contributed by atoms with Gasteiger partial charge in [-0.3, -0.25) is 0 Å². The van der Waals surface area contributed by atoms with E-state index >= 15 is 0 Å². The molecule has 1 aliphatic heterocycles. The highest BCUT2D eigenvalue weighted by Crippen LogP contribution is 2.60. The highest BCUT2D eigenvalue weighted by Gasteiger charge is 2.55. The second kappa shape index (κ2) is 1.42. The highest BCUT2D eigenvalue weighted by atomic mass is 15.0. The molecule has 0 amide bonds. The average Bonchev–Trinajstić information content (AvgIpc) is 2.78. The summed E-state index contributed by atoms with van der Waals surface area (Å²) in [5.74, 6) is 0. The molecule has 0 aromatic heterocycles. The van der Waals surface area contributed by atoms with Crippen LogP contribution in [0.3, 0.4) is 0 Å². The first-order valence-corrected chi connectivity index (χ1v) is 4.58. The van der Waals surface area contributed by atoms with E-state index < -0.39 is 0 Å². The van der Waals surface area contributed by atoms with Gasteiger partial charge in [0.1, 0.15) is 0 Å². The van der Waals surface area contributed by atoms with Gasteiger partial charge >= 0.3 is 0 Å². The van der Waals surface area contributed by atoms with E-state index in [1.165, 1.54) is 45.1 Å². The molecule has 1 saturated heterocycles. The lowest BCUT2D eigenvalue weighted by atomic mass is 9.88. The molecule has 10 heavy (non-hydrogen) atoms. The Labute approximate surface area is 62.2 Å². The van der Waals surface area contributed by atoms with Gasteiger partial charge in [0.25, 0.3) is 0 Å².